The van der Waals surface area contributed by atoms with Gasteiger partial charge < -0.3 is 9.88 Å². The summed E-state index contributed by atoms with van der Waals surface area (Å²) < 4.78 is 2.10. The minimum absolute atomic E-state index is 0.356. The highest BCUT2D eigenvalue weighted by molar-refractivity contribution is 4.92. The van der Waals surface area contributed by atoms with Gasteiger partial charge >= 0.3 is 0 Å². The first-order valence-electron chi connectivity index (χ1n) is 8.28. The zero-order valence-electron chi connectivity index (χ0n) is 14.8. The molecule has 0 fully saturated rings. The van der Waals surface area contributed by atoms with Crippen molar-refractivity contribution < 1.29 is 0 Å². The van der Waals surface area contributed by atoms with Crippen LogP contribution in [0.3, 0.4) is 0 Å². The van der Waals surface area contributed by atoms with Crippen LogP contribution in [0.1, 0.15) is 46.4 Å². The van der Waals surface area contributed by atoms with E-state index in [4.69, 9.17) is 0 Å². The maximum atomic E-state index is 4.43. The van der Waals surface area contributed by atoms with Crippen LogP contribution in [0.2, 0.25) is 0 Å². The van der Waals surface area contributed by atoms with Crippen molar-refractivity contribution in [3.05, 3.63) is 18.2 Å². The fraction of sp³-hybridized carbons (Fsp3) is 0.824. The average molecular weight is 294 g/mol. The standard InChI is InChI=1S/C17H34N4/c1-7-17(8-2,13-18-11-15(3)4)14-20(5)12-16-19-9-10-21(16)6/h9-10,15,18H,7-8,11-14H2,1-6H3. The van der Waals surface area contributed by atoms with Gasteiger partial charge in [0, 0.05) is 32.5 Å². The number of imidazole rings is 1. The van der Waals surface area contributed by atoms with E-state index in [9.17, 15) is 0 Å². The van der Waals surface area contributed by atoms with Crippen molar-refractivity contribution >= 4 is 0 Å². The number of rotatable bonds is 10. The molecule has 21 heavy (non-hydrogen) atoms. The van der Waals surface area contributed by atoms with Gasteiger partial charge in [0.2, 0.25) is 0 Å². The summed E-state index contributed by atoms with van der Waals surface area (Å²) in [6.45, 7) is 13.4. The minimum atomic E-state index is 0.356. The highest BCUT2D eigenvalue weighted by Crippen LogP contribution is 2.27. The number of nitrogens with zero attached hydrogens (tertiary/aromatic N) is 3. The van der Waals surface area contributed by atoms with Gasteiger partial charge in [0.15, 0.2) is 0 Å². The van der Waals surface area contributed by atoms with E-state index in [2.05, 4.69) is 61.6 Å². The van der Waals surface area contributed by atoms with E-state index < -0.39 is 0 Å². The van der Waals surface area contributed by atoms with Gasteiger partial charge in [-0.2, -0.15) is 0 Å². The number of hydrogen-bond donors (Lipinski definition) is 1. The second kappa shape index (κ2) is 8.54. The second-order valence-corrected chi connectivity index (χ2v) is 6.86. The Morgan fingerprint density at radius 2 is 2.00 bits per heavy atom. The van der Waals surface area contributed by atoms with Gasteiger partial charge in [-0.15, -0.1) is 0 Å². The molecule has 4 nitrogen and oxygen atoms in total. The van der Waals surface area contributed by atoms with Crippen LogP contribution in [0.25, 0.3) is 0 Å². The second-order valence-electron chi connectivity index (χ2n) is 6.86. The summed E-state index contributed by atoms with van der Waals surface area (Å²) in [6, 6.07) is 0. The summed E-state index contributed by atoms with van der Waals surface area (Å²) in [5.41, 5.74) is 0.356. The van der Waals surface area contributed by atoms with Crippen LogP contribution in [0.5, 0.6) is 0 Å². The van der Waals surface area contributed by atoms with Gasteiger partial charge in [-0.1, -0.05) is 27.7 Å². The highest BCUT2D eigenvalue weighted by atomic mass is 15.2. The fourth-order valence-corrected chi connectivity index (χ4v) is 2.82. The Labute approximate surface area is 130 Å². The lowest BCUT2D eigenvalue weighted by atomic mass is 9.81. The Morgan fingerprint density at radius 1 is 1.33 bits per heavy atom. The third kappa shape index (κ3) is 5.79. The molecule has 0 radical (unpaired) electrons. The van der Waals surface area contributed by atoms with Crippen molar-refractivity contribution in [2.75, 3.05) is 26.7 Å². The van der Waals surface area contributed by atoms with E-state index in [1.54, 1.807) is 0 Å². The number of aromatic nitrogens is 2. The lowest BCUT2D eigenvalue weighted by Gasteiger charge is -2.36. The number of hydrogen-bond acceptors (Lipinski definition) is 3. The fourth-order valence-electron chi connectivity index (χ4n) is 2.82. The molecule has 0 spiro atoms. The van der Waals surface area contributed by atoms with Gasteiger partial charge in [-0.25, -0.2) is 4.98 Å². The van der Waals surface area contributed by atoms with Crippen LogP contribution >= 0.6 is 0 Å². The van der Waals surface area contributed by atoms with Crippen LogP contribution in [0.4, 0.5) is 0 Å². The predicted molar refractivity (Wildman–Crippen MR) is 90.3 cm³/mol. The van der Waals surface area contributed by atoms with Crippen LogP contribution in [-0.4, -0.2) is 41.1 Å². The predicted octanol–water partition coefficient (Wildman–Crippen LogP) is 2.90. The molecule has 0 aliphatic carbocycles. The molecule has 0 aliphatic rings. The third-order valence-electron chi connectivity index (χ3n) is 4.49. The van der Waals surface area contributed by atoms with Gasteiger partial charge in [0.1, 0.15) is 5.82 Å². The molecule has 1 aromatic rings. The molecule has 0 aromatic carbocycles. The first-order valence-corrected chi connectivity index (χ1v) is 8.28. The summed E-state index contributed by atoms with van der Waals surface area (Å²) in [5.74, 6) is 1.84. The lowest BCUT2D eigenvalue weighted by Crippen LogP contribution is -2.43. The van der Waals surface area contributed by atoms with Crippen LogP contribution in [0, 0.1) is 11.3 Å². The number of nitrogens with one attached hydrogen (secondary N) is 1. The van der Waals surface area contributed by atoms with Gasteiger partial charge in [0.25, 0.3) is 0 Å². The monoisotopic (exact) mass is 294 g/mol. The molecule has 1 aromatic heterocycles. The summed E-state index contributed by atoms with van der Waals surface area (Å²) in [4.78, 5) is 6.84. The molecular formula is C17H34N4. The number of aryl methyl sites for hydroxylation is 1. The molecule has 0 unspecified atom stereocenters. The van der Waals surface area contributed by atoms with E-state index in [1.165, 1.54) is 12.8 Å². The van der Waals surface area contributed by atoms with Crippen molar-refractivity contribution in [1.82, 2.24) is 19.8 Å². The van der Waals surface area contributed by atoms with E-state index in [-0.39, 0.29) is 0 Å². The summed E-state index contributed by atoms with van der Waals surface area (Å²) in [5, 5.41) is 3.66. The normalized spacial score (nSPS) is 12.6. The Hall–Kier alpha value is -0.870. The molecule has 4 heteroatoms. The van der Waals surface area contributed by atoms with Crippen LogP contribution in [-0.2, 0) is 13.6 Å². The lowest BCUT2D eigenvalue weighted by molar-refractivity contribution is 0.147. The Balaban J connectivity index is 2.57. The zero-order valence-corrected chi connectivity index (χ0v) is 14.8. The smallest absolute Gasteiger partial charge is 0.122 e. The first kappa shape index (κ1) is 18.2. The Morgan fingerprint density at radius 3 is 2.48 bits per heavy atom. The Bertz CT molecular complexity index is 393. The van der Waals surface area contributed by atoms with Crippen LogP contribution < -0.4 is 5.32 Å². The summed E-state index contributed by atoms with van der Waals surface area (Å²) >= 11 is 0. The summed E-state index contributed by atoms with van der Waals surface area (Å²) in [7, 11) is 4.27. The molecule has 1 heterocycles. The largest absolute Gasteiger partial charge is 0.337 e. The molecule has 0 atom stereocenters. The van der Waals surface area contributed by atoms with Gasteiger partial charge in [-0.05, 0) is 37.8 Å². The molecule has 0 amide bonds. The molecule has 0 bridgehead atoms. The van der Waals surface area contributed by atoms with E-state index in [0.29, 0.717) is 11.3 Å². The maximum absolute atomic E-state index is 4.43. The van der Waals surface area contributed by atoms with Crippen molar-refractivity contribution in [1.29, 1.82) is 0 Å². The van der Waals surface area contributed by atoms with Crippen molar-refractivity contribution in [2.24, 2.45) is 18.4 Å². The molecule has 0 saturated carbocycles. The molecular weight excluding hydrogens is 260 g/mol. The quantitative estimate of drug-likeness (QED) is 0.720. The summed E-state index contributed by atoms with van der Waals surface area (Å²) in [6.07, 6.45) is 6.31. The van der Waals surface area contributed by atoms with E-state index >= 15 is 0 Å². The molecule has 0 aliphatic heterocycles. The van der Waals surface area contributed by atoms with E-state index in [1.807, 2.05) is 12.4 Å². The zero-order chi connectivity index (χ0) is 15.9. The van der Waals surface area contributed by atoms with E-state index in [0.717, 1.165) is 32.0 Å². The van der Waals surface area contributed by atoms with Crippen molar-refractivity contribution in [3.63, 3.8) is 0 Å². The van der Waals surface area contributed by atoms with Gasteiger partial charge in [-0.3, -0.25) is 4.90 Å². The van der Waals surface area contributed by atoms with Gasteiger partial charge in [0.05, 0.1) is 6.54 Å². The third-order valence-corrected chi connectivity index (χ3v) is 4.49. The minimum Gasteiger partial charge on any atom is -0.337 e. The van der Waals surface area contributed by atoms with Crippen molar-refractivity contribution in [3.8, 4) is 0 Å². The molecule has 122 valence electrons. The van der Waals surface area contributed by atoms with Crippen LogP contribution in [0.15, 0.2) is 12.4 Å². The SMILES string of the molecule is CCC(CC)(CNCC(C)C)CN(C)Cc1nccn1C. The molecule has 1 rings (SSSR count). The highest BCUT2D eigenvalue weighted by Gasteiger charge is 2.27. The Kier molecular flexibility index (Phi) is 7.40. The molecule has 1 N–H and O–H groups in total. The average Bonchev–Trinajstić information content (AvgIpc) is 2.82. The maximum Gasteiger partial charge on any atom is 0.122 e. The van der Waals surface area contributed by atoms with Crippen molar-refractivity contribution in [2.45, 2.75) is 47.1 Å². The first-order chi connectivity index (χ1) is 9.92. The topological polar surface area (TPSA) is 33.1 Å². The molecule has 0 saturated heterocycles.